The van der Waals surface area contributed by atoms with Crippen LogP contribution in [0.1, 0.15) is 61.7 Å². The van der Waals surface area contributed by atoms with Gasteiger partial charge in [0.15, 0.2) is 0 Å². The van der Waals surface area contributed by atoms with Crippen molar-refractivity contribution in [1.29, 1.82) is 0 Å². The fourth-order valence-corrected chi connectivity index (χ4v) is 5.35. The highest BCUT2D eigenvalue weighted by atomic mass is 16.4. The van der Waals surface area contributed by atoms with E-state index in [1.165, 1.54) is 44.5 Å². The molecule has 176 valence electrons. The molecule has 0 spiro atoms. The van der Waals surface area contributed by atoms with Crippen molar-refractivity contribution in [1.82, 2.24) is 9.97 Å². The fourth-order valence-electron chi connectivity index (χ4n) is 5.35. The molecule has 2 aromatic heterocycles. The Kier molecular flexibility index (Phi) is 6.43. The van der Waals surface area contributed by atoms with Crippen LogP contribution in [0.15, 0.2) is 78.5 Å². The van der Waals surface area contributed by atoms with Gasteiger partial charge in [-0.3, -0.25) is 9.97 Å². The van der Waals surface area contributed by atoms with Crippen molar-refractivity contribution in [2.24, 2.45) is 10.9 Å². The second kappa shape index (κ2) is 9.80. The molecule has 0 amide bonds. The number of aryl methyl sites for hydroxylation is 4. The van der Waals surface area contributed by atoms with Gasteiger partial charge in [0.25, 0.3) is 0 Å². The van der Waals surface area contributed by atoms with E-state index in [9.17, 15) is 5.21 Å². The van der Waals surface area contributed by atoms with Gasteiger partial charge in [-0.05, 0) is 96.2 Å². The molecule has 3 N–H and O–H groups in total. The van der Waals surface area contributed by atoms with Crippen molar-refractivity contribution in [3.05, 3.63) is 129 Å². The van der Waals surface area contributed by atoms with Crippen LogP contribution in [0.5, 0.6) is 0 Å². The summed E-state index contributed by atoms with van der Waals surface area (Å²) in [5, 5.41) is 12.9. The van der Waals surface area contributed by atoms with Crippen molar-refractivity contribution in [3.63, 3.8) is 0 Å². The molecule has 2 heterocycles. The summed E-state index contributed by atoms with van der Waals surface area (Å²) < 4.78 is 0. The topological polar surface area (TPSA) is 84.4 Å². The van der Waals surface area contributed by atoms with E-state index in [1.54, 1.807) is 12.4 Å². The quantitative estimate of drug-likeness (QED) is 0.276. The average molecular weight is 463 g/mol. The number of pyridine rings is 2. The molecular formula is C30H30N4O. The number of nitrogens with zero attached hydrogens (tertiary/aromatic N) is 3. The van der Waals surface area contributed by atoms with Crippen LogP contribution in [0.4, 0.5) is 0 Å². The molecule has 0 bridgehead atoms. The zero-order valence-electron chi connectivity index (χ0n) is 20.2. The molecule has 5 heteroatoms. The molecule has 1 atom stereocenters. The number of hydrogen-bond acceptors (Lipinski definition) is 5. The maximum Gasteiger partial charge on any atom is 0.119 e. The first kappa shape index (κ1) is 22.9. The molecule has 0 aliphatic heterocycles. The molecule has 0 saturated carbocycles. The lowest BCUT2D eigenvalue weighted by molar-refractivity contribution is 0.319. The van der Waals surface area contributed by atoms with Crippen LogP contribution in [0.2, 0.25) is 0 Å². The van der Waals surface area contributed by atoms with Crippen LogP contribution in [0.25, 0.3) is 0 Å². The third kappa shape index (κ3) is 4.35. The summed E-state index contributed by atoms with van der Waals surface area (Å²) in [6.45, 7) is 4.27. The normalized spacial score (nSPS) is 17.0. The standard InChI is InChI=1S/C15H14N2O.C15H16N2/c1-10-3-2-4-13-12(10)6-5-11-7-8-16-9-14(11)15(13)17-18;1-10-3-2-4-13-12(10)6-5-11-7-8-17-9-14(11)15(13)16/h2-4,7-9,18H,5-6H2,1H3;2-4,7-9,15H,5-6,16H2,1H3. The first-order valence-corrected chi connectivity index (χ1v) is 12.1. The average Bonchev–Trinajstić information content (AvgIpc) is 3.14. The Morgan fingerprint density at radius 1 is 0.743 bits per heavy atom. The Morgan fingerprint density at radius 2 is 1.40 bits per heavy atom. The maximum absolute atomic E-state index is 9.36. The number of benzene rings is 2. The number of hydrogen-bond donors (Lipinski definition) is 2. The SMILES string of the molecule is Cc1cccc2c1CCc1ccncc1C2=NO.Cc1cccc2c1CCc1ccncc1C2N. The lowest BCUT2D eigenvalue weighted by Crippen LogP contribution is -2.14. The van der Waals surface area contributed by atoms with Gasteiger partial charge in [0.2, 0.25) is 0 Å². The van der Waals surface area contributed by atoms with Crippen molar-refractivity contribution < 1.29 is 5.21 Å². The fraction of sp³-hybridized carbons (Fsp3) is 0.233. The Hall–Kier alpha value is -3.83. The monoisotopic (exact) mass is 462 g/mol. The smallest absolute Gasteiger partial charge is 0.119 e. The Labute approximate surface area is 206 Å². The molecule has 4 aromatic rings. The molecule has 2 aromatic carbocycles. The number of nitrogens with two attached hydrogens (primary N) is 1. The zero-order chi connectivity index (χ0) is 24.4. The third-order valence-electron chi connectivity index (χ3n) is 7.28. The summed E-state index contributed by atoms with van der Waals surface area (Å²) in [6, 6.07) is 16.6. The highest BCUT2D eigenvalue weighted by Crippen LogP contribution is 2.31. The van der Waals surface area contributed by atoms with Crippen molar-refractivity contribution in [2.75, 3.05) is 0 Å². The highest BCUT2D eigenvalue weighted by molar-refractivity contribution is 6.14. The minimum Gasteiger partial charge on any atom is -0.410 e. The lowest BCUT2D eigenvalue weighted by atomic mass is 9.94. The predicted octanol–water partition coefficient (Wildman–Crippen LogP) is 5.25. The Balaban J connectivity index is 0.000000145. The first-order chi connectivity index (χ1) is 17.1. The van der Waals surface area contributed by atoms with Gasteiger partial charge < -0.3 is 10.9 Å². The van der Waals surface area contributed by atoms with Crippen LogP contribution in [0.3, 0.4) is 0 Å². The number of fused-ring (bicyclic) bond motifs is 4. The second-order valence-corrected chi connectivity index (χ2v) is 9.28. The van der Waals surface area contributed by atoms with Gasteiger partial charge in [-0.25, -0.2) is 0 Å². The van der Waals surface area contributed by atoms with Crippen LogP contribution >= 0.6 is 0 Å². The summed E-state index contributed by atoms with van der Waals surface area (Å²) in [4.78, 5) is 8.35. The van der Waals surface area contributed by atoms with Crippen molar-refractivity contribution in [3.8, 4) is 0 Å². The number of oxime groups is 1. The molecule has 2 aliphatic rings. The summed E-state index contributed by atoms with van der Waals surface area (Å²) in [7, 11) is 0. The molecule has 0 fully saturated rings. The van der Waals surface area contributed by atoms with Crippen LogP contribution in [-0.2, 0) is 25.7 Å². The molecule has 0 radical (unpaired) electrons. The van der Waals surface area contributed by atoms with E-state index in [-0.39, 0.29) is 6.04 Å². The van der Waals surface area contributed by atoms with E-state index >= 15 is 0 Å². The third-order valence-corrected chi connectivity index (χ3v) is 7.28. The van der Waals surface area contributed by atoms with Crippen molar-refractivity contribution in [2.45, 2.75) is 45.6 Å². The van der Waals surface area contributed by atoms with Gasteiger partial charge in [-0.1, -0.05) is 41.6 Å². The van der Waals surface area contributed by atoms with Gasteiger partial charge in [0.1, 0.15) is 5.71 Å². The number of aromatic nitrogens is 2. The van der Waals surface area contributed by atoms with E-state index in [1.807, 2.05) is 30.6 Å². The summed E-state index contributed by atoms with van der Waals surface area (Å²) in [5.41, 5.74) is 19.2. The van der Waals surface area contributed by atoms with E-state index < -0.39 is 0 Å². The summed E-state index contributed by atoms with van der Waals surface area (Å²) in [6.07, 6.45) is 11.4. The molecule has 0 saturated heterocycles. The van der Waals surface area contributed by atoms with Gasteiger partial charge in [-0.2, -0.15) is 0 Å². The van der Waals surface area contributed by atoms with Gasteiger partial charge in [-0.15, -0.1) is 0 Å². The first-order valence-electron chi connectivity index (χ1n) is 12.1. The summed E-state index contributed by atoms with van der Waals surface area (Å²) in [5.74, 6) is 0. The van der Waals surface area contributed by atoms with E-state index in [2.05, 4.69) is 59.3 Å². The van der Waals surface area contributed by atoms with Crippen LogP contribution in [-0.4, -0.2) is 20.9 Å². The van der Waals surface area contributed by atoms with Crippen molar-refractivity contribution >= 4 is 5.71 Å². The van der Waals surface area contributed by atoms with Crippen LogP contribution < -0.4 is 5.73 Å². The zero-order valence-corrected chi connectivity index (χ0v) is 20.2. The van der Waals surface area contributed by atoms with E-state index in [0.29, 0.717) is 5.71 Å². The summed E-state index contributed by atoms with van der Waals surface area (Å²) >= 11 is 0. The number of rotatable bonds is 0. The molecule has 35 heavy (non-hydrogen) atoms. The molecule has 2 aliphatic carbocycles. The van der Waals surface area contributed by atoms with Gasteiger partial charge in [0, 0.05) is 35.9 Å². The molecular weight excluding hydrogens is 432 g/mol. The van der Waals surface area contributed by atoms with E-state index in [4.69, 9.17) is 5.73 Å². The minimum atomic E-state index is -0.0314. The Bertz CT molecular complexity index is 1410. The highest BCUT2D eigenvalue weighted by Gasteiger charge is 2.22. The maximum atomic E-state index is 9.36. The molecule has 5 nitrogen and oxygen atoms in total. The van der Waals surface area contributed by atoms with Gasteiger partial charge in [0.05, 0.1) is 6.04 Å². The molecule has 1 unspecified atom stereocenters. The second-order valence-electron chi connectivity index (χ2n) is 9.28. The lowest BCUT2D eigenvalue weighted by Gasteiger charge is -2.15. The van der Waals surface area contributed by atoms with Crippen LogP contribution in [0, 0.1) is 13.8 Å². The van der Waals surface area contributed by atoms with Gasteiger partial charge >= 0.3 is 0 Å². The minimum absolute atomic E-state index is 0.0314. The Morgan fingerprint density at radius 3 is 2.20 bits per heavy atom. The largest absolute Gasteiger partial charge is 0.410 e. The predicted molar refractivity (Wildman–Crippen MR) is 139 cm³/mol. The van der Waals surface area contributed by atoms with E-state index in [0.717, 1.165) is 36.8 Å². The molecule has 6 rings (SSSR count).